The molecule has 0 N–H and O–H groups in total. The van der Waals surface area contributed by atoms with E-state index in [1.807, 2.05) is 30.3 Å². The molecular formula is C20H26OSi. The normalized spacial score (nSPS) is 15.9. The average Bonchev–Trinajstić information content (AvgIpc) is 3.01. The van der Waals surface area contributed by atoms with E-state index in [1.54, 1.807) is 0 Å². The number of allylic oxidation sites excluding steroid dienone is 7. The van der Waals surface area contributed by atoms with E-state index in [0.717, 1.165) is 24.4 Å². The molecule has 0 heterocycles. The highest BCUT2D eigenvalue weighted by atomic mass is 28.3. The van der Waals surface area contributed by atoms with E-state index in [-0.39, 0.29) is 0 Å². The summed E-state index contributed by atoms with van der Waals surface area (Å²) in [5, 5.41) is 1.45. The molecule has 2 rings (SSSR count). The first kappa shape index (κ1) is 16.6. The molecule has 1 aromatic carbocycles. The van der Waals surface area contributed by atoms with Crippen LogP contribution in [0, 0.1) is 0 Å². The van der Waals surface area contributed by atoms with Gasteiger partial charge in [-0.05, 0) is 48.2 Å². The first-order chi connectivity index (χ1) is 10.6. The van der Waals surface area contributed by atoms with Gasteiger partial charge in [-0.3, -0.25) is 0 Å². The fourth-order valence-electron chi connectivity index (χ4n) is 2.78. The van der Waals surface area contributed by atoms with Crippen molar-refractivity contribution in [3.8, 4) is 5.75 Å². The molecule has 22 heavy (non-hydrogen) atoms. The Bertz CT molecular complexity index is 618. The van der Waals surface area contributed by atoms with Crippen LogP contribution in [0.15, 0.2) is 76.7 Å². The zero-order chi connectivity index (χ0) is 15.9. The van der Waals surface area contributed by atoms with Crippen molar-refractivity contribution in [2.45, 2.75) is 39.8 Å². The van der Waals surface area contributed by atoms with Crippen molar-refractivity contribution < 1.29 is 4.74 Å². The van der Waals surface area contributed by atoms with Gasteiger partial charge in [0.05, 0.1) is 8.80 Å². The monoisotopic (exact) mass is 310 g/mol. The summed E-state index contributed by atoms with van der Waals surface area (Å²) in [5.41, 5.74) is 2.67. The minimum Gasteiger partial charge on any atom is -0.457 e. The first-order valence-electron chi connectivity index (χ1n) is 8.13. The zero-order valence-electron chi connectivity index (χ0n) is 14.1. The van der Waals surface area contributed by atoms with Crippen LogP contribution in [-0.2, 0) is 0 Å². The fourth-order valence-corrected chi connectivity index (χ4v) is 4.55. The third-order valence-corrected chi connectivity index (χ3v) is 5.56. The molecular weight excluding hydrogens is 284 g/mol. The van der Waals surface area contributed by atoms with Gasteiger partial charge in [0, 0.05) is 0 Å². The maximum absolute atomic E-state index is 6.34. The quantitative estimate of drug-likeness (QED) is 0.378. The standard InChI is InChI=1S/C20H26OSi/c1-5-11-16(2)19(21-18-14-7-6-8-15-18)20(22(3)4)17-12-9-10-13-17/h6-12,14-15,22H,5,13H2,1-4H3. The Hall–Kier alpha value is -1.80. The fraction of sp³-hybridized carbons (Fsp3) is 0.300. The smallest absolute Gasteiger partial charge is 0.129 e. The lowest BCUT2D eigenvalue weighted by molar-refractivity contribution is 0.433. The third kappa shape index (κ3) is 4.11. The SMILES string of the molecule is CCC=C(C)C(Oc1ccccc1)=C(C1=CC=CC1)[SiH](C)C. The molecule has 0 aliphatic heterocycles. The molecule has 2 heteroatoms. The molecule has 0 saturated heterocycles. The molecule has 0 aromatic heterocycles. The Morgan fingerprint density at radius 2 is 1.95 bits per heavy atom. The highest BCUT2D eigenvalue weighted by molar-refractivity contribution is 6.65. The number of para-hydroxylation sites is 1. The number of hydrogen-bond acceptors (Lipinski definition) is 1. The number of rotatable bonds is 6. The van der Waals surface area contributed by atoms with Crippen LogP contribution in [0.25, 0.3) is 0 Å². The van der Waals surface area contributed by atoms with E-state index in [2.05, 4.69) is 51.2 Å². The molecule has 1 aromatic rings. The minimum absolute atomic E-state index is 0.917. The summed E-state index contributed by atoms with van der Waals surface area (Å²) in [5.74, 6) is 1.99. The lowest BCUT2D eigenvalue weighted by atomic mass is 10.1. The van der Waals surface area contributed by atoms with Gasteiger partial charge in [0.1, 0.15) is 11.5 Å². The zero-order valence-corrected chi connectivity index (χ0v) is 15.3. The predicted molar refractivity (Wildman–Crippen MR) is 98.9 cm³/mol. The van der Waals surface area contributed by atoms with Crippen LogP contribution in [0.2, 0.25) is 13.1 Å². The molecule has 0 amide bonds. The summed E-state index contributed by atoms with van der Waals surface area (Å²) < 4.78 is 6.34. The number of ether oxygens (including phenoxy) is 1. The Morgan fingerprint density at radius 3 is 2.50 bits per heavy atom. The van der Waals surface area contributed by atoms with Crippen LogP contribution in [-0.4, -0.2) is 8.80 Å². The molecule has 0 bridgehead atoms. The van der Waals surface area contributed by atoms with E-state index >= 15 is 0 Å². The highest BCUT2D eigenvalue weighted by Gasteiger charge is 2.19. The summed E-state index contributed by atoms with van der Waals surface area (Å²) in [6.45, 7) is 9.10. The van der Waals surface area contributed by atoms with Crippen LogP contribution in [0.4, 0.5) is 0 Å². The van der Waals surface area contributed by atoms with Crippen molar-refractivity contribution in [2.75, 3.05) is 0 Å². The second-order valence-corrected chi connectivity index (χ2v) is 8.82. The van der Waals surface area contributed by atoms with Crippen molar-refractivity contribution in [3.63, 3.8) is 0 Å². The van der Waals surface area contributed by atoms with E-state index in [0.29, 0.717) is 0 Å². The number of hydrogen-bond donors (Lipinski definition) is 0. The second kappa shape index (κ2) is 8.00. The van der Waals surface area contributed by atoms with Gasteiger partial charge < -0.3 is 4.74 Å². The van der Waals surface area contributed by atoms with Crippen molar-refractivity contribution in [3.05, 3.63) is 76.7 Å². The number of benzene rings is 1. The van der Waals surface area contributed by atoms with Gasteiger partial charge in [0.15, 0.2) is 0 Å². The Labute approximate surface area is 136 Å². The van der Waals surface area contributed by atoms with Gasteiger partial charge in [-0.15, -0.1) is 0 Å². The Morgan fingerprint density at radius 1 is 1.23 bits per heavy atom. The summed E-state index contributed by atoms with van der Waals surface area (Å²) in [6, 6.07) is 10.1. The van der Waals surface area contributed by atoms with Crippen LogP contribution in [0.5, 0.6) is 5.75 Å². The lowest BCUT2D eigenvalue weighted by Gasteiger charge is -2.20. The lowest BCUT2D eigenvalue weighted by Crippen LogP contribution is -2.15. The highest BCUT2D eigenvalue weighted by Crippen LogP contribution is 2.30. The van der Waals surface area contributed by atoms with Crippen molar-refractivity contribution in [1.29, 1.82) is 0 Å². The van der Waals surface area contributed by atoms with Gasteiger partial charge >= 0.3 is 0 Å². The molecule has 116 valence electrons. The Kier molecular flexibility index (Phi) is 6.02. The van der Waals surface area contributed by atoms with E-state index in [1.165, 1.54) is 16.3 Å². The third-order valence-electron chi connectivity index (χ3n) is 3.77. The van der Waals surface area contributed by atoms with Crippen molar-refractivity contribution in [2.24, 2.45) is 0 Å². The molecule has 0 unspecified atom stereocenters. The maximum atomic E-state index is 6.34. The topological polar surface area (TPSA) is 9.23 Å². The van der Waals surface area contributed by atoms with Crippen LogP contribution < -0.4 is 4.74 Å². The average molecular weight is 311 g/mol. The van der Waals surface area contributed by atoms with Gasteiger partial charge in [0.2, 0.25) is 0 Å². The van der Waals surface area contributed by atoms with Crippen LogP contribution in [0.3, 0.4) is 0 Å². The molecule has 0 atom stereocenters. The molecule has 1 aliphatic rings. The van der Waals surface area contributed by atoms with Gasteiger partial charge in [-0.25, -0.2) is 0 Å². The summed E-state index contributed by atoms with van der Waals surface area (Å²) in [6.07, 6.45) is 10.9. The summed E-state index contributed by atoms with van der Waals surface area (Å²) in [7, 11) is -1.01. The largest absolute Gasteiger partial charge is 0.457 e. The van der Waals surface area contributed by atoms with E-state index < -0.39 is 8.80 Å². The first-order valence-corrected chi connectivity index (χ1v) is 11.0. The summed E-state index contributed by atoms with van der Waals surface area (Å²) >= 11 is 0. The Balaban J connectivity index is 2.49. The predicted octanol–water partition coefficient (Wildman–Crippen LogP) is 5.59. The van der Waals surface area contributed by atoms with E-state index in [9.17, 15) is 0 Å². The minimum atomic E-state index is -1.01. The van der Waals surface area contributed by atoms with Crippen LogP contribution in [0.1, 0.15) is 26.7 Å². The van der Waals surface area contributed by atoms with Gasteiger partial charge in [0.25, 0.3) is 0 Å². The van der Waals surface area contributed by atoms with Crippen molar-refractivity contribution >= 4 is 8.80 Å². The molecule has 0 radical (unpaired) electrons. The molecule has 0 saturated carbocycles. The molecule has 1 nitrogen and oxygen atoms in total. The molecule has 0 spiro atoms. The van der Waals surface area contributed by atoms with Crippen molar-refractivity contribution in [1.82, 2.24) is 0 Å². The second-order valence-electron chi connectivity index (χ2n) is 5.93. The maximum Gasteiger partial charge on any atom is 0.129 e. The molecule has 1 aliphatic carbocycles. The van der Waals surface area contributed by atoms with Gasteiger partial charge in [-0.2, -0.15) is 0 Å². The molecule has 0 fully saturated rings. The van der Waals surface area contributed by atoms with Crippen LogP contribution >= 0.6 is 0 Å². The van der Waals surface area contributed by atoms with E-state index in [4.69, 9.17) is 4.74 Å². The van der Waals surface area contributed by atoms with Gasteiger partial charge in [-0.1, -0.05) is 62.5 Å². The summed E-state index contributed by atoms with van der Waals surface area (Å²) in [4.78, 5) is 0.